The normalized spacial score (nSPS) is 28.6. The summed E-state index contributed by atoms with van der Waals surface area (Å²) in [6, 6.07) is 16.1. The average molecular weight is 1080 g/mol. The topological polar surface area (TPSA) is 332 Å². The zero-order chi connectivity index (χ0) is 55.7. The Labute approximate surface area is 445 Å². The van der Waals surface area contributed by atoms with Crippen molar-refractivity contribution in [2.45, 2.75) is 144 Å². The van der Waals surface area contributed by atoms with Crippen molar-refractivity contribution in [3.63, 3.8) is 0 Å². The van der Waals surface area contributed by atoms with E-state index in [-0.39, 0.29) is 49.6 Å². The van der Waals surface area contributed by atoms with E-state index in [9.17, 15) is 60.3 Å². The SMILES string of the molecule is C[C@@H]1O[C@@H](O[C@H]2[C@H](OCCCCCCCCC(=O)NCCNC(=O)c3ccc(-c4c5ccc(=[N+](C)C)cc-5oc5cc(N(C)C)ccc45)c(C(=O)O)c3)O[C@H](CO)[C@H](O)[C@@H]2O[C@@H]2C[C@@H](O)[C@@H](O)[C@@H](CO)O2)[C@@H](O)[C@H](O)[C@@H]1O. The second-order valence-electron chi connectivity index (χ2n) is 20.2. The van der Waals surface area contributed by atoms with Crippen molar-refractivity contribution in [3.8, 4) is 22.5 Å². The molecule has 2 aromatic rings. The van der Waals surface area contributed by atoms with Crippen LogP contribution >= 0.6 is 0 Å². The van der Waals surface area contributed by atoms with Gasteiger partial charge in [0.15, 0.2) is 18.9 Å². The number of fused-ring (bicyclic) bond motifs is 2. The first-order valence-electron chi connectivity index (χ1n) is 26.1. The summed E-state index contributed by atoms with van der Waals surface area (Å²) in [6.45, 7) is 0.511. The van der Waals surface area contributed by atoms with Crippen molar-refractivity contribution in [2.75, 3.05) is 66.0 Å². The molecule has 2 amide bonds. The Morgan fingerprint density at radius 2 is 1.40 bits per heavy atom. The standard InChI is InChI=1S/C54H74N4O19/c1-28-44(63)47(66)48(67)53(72-28)77-50-49(76-42-25-36(61)45(64)39(26-59)74-42)46(65)40(27-60)75-54(50)71-21-11-9-7-6-8-10-12-41(62)55-19-20-56-51(68)29-13-16-32(35(22-29)52(69)70)43-33-17-14-30(57(2)3)23-37(33)73-38-24-31(58(4)5)15-18-34(38)43/h13-18,22-24,28,36,39-40,42,44-50,53-54,59-61,63-67H,6-12,19-21,25-27H2,1-5H3,(H2-,55,56,62,68,69,70)/p+1/t28-,36+,39+,40+,42+,44+,45+,46-,47+,48-,49-,50+,53-,54+/m0/s1. The molecule has 2 aromatic carbocycles. The number of aromatic carboxylic acids is 1. The maximum atomic E-state index is 13.3. The third kappa shape index (κ3) is 14.3. The Morgan fingerprint density at radius 3 is 2.10 bits per heavy atom. The van der Waals surface area contributed by atoms with Crippen molar-refractivity contribution in [1.29, 1.82) is 0 Å². The summed E-state index contributed by atoms with van der Waals surface area (Å²) >= 11 is 0. The van der Waals surface area contributed by atoms with Gasteiger partial charge in [-0.1, -0.05) is 31.7 Å². The average Bonchev–Trinajstić information content (AvgIpc) is 3.41. The van der Waals surface area contributed by atoms with Crippen molar-refractivity contribution in [1.82, 2.24) is 15.2 Å². The Kier molecular flexibility index (Phi) is 20.9. The summed E-state index contributed by atoms with van der Waals surface area (Å²) in [7, 11) is 7.68. The van der Waals surface area contributed by atoms with Gasteiger partial charge in [-0.2, -0.15) is 0 Å². The monoisotopic (exact) mass is 1080 g/mol. The number of anilines is 1. The van der Waals surface area contributed by atoms with Crippen molar-refractivity contribution < 1.29 is 93.2 Å². The number of benzene rings is 3. The van der Waals surface area contributed by atoms with Crippen molar-refractivity contribution in [3.05, 3.63) is 71.1 Å². The van der Waals surface area contributed by atoms with Crippen LogP contribution in [-0.2, 0) is 33.2 Å². The molecule has 0 aromatic heterocycles. The van der Waals surface area contributed by atoms with Crippen LogP contribution in [0.4, 0.5) is 5.69 Å². The molecule has 23 heteroatoms. The van der Waals surface area contributed by atoms with Gasteiger partial charge < -0.3 is 94.3 Å². The first-order chi connectivity index (χ1) is 36.8. The number of carboxylic acids is 1. The van der Waals surface area contributed by atoms with Crippen LogP contribution in [0.2, 0.25) is 0 Å². The molecule has 3 saturated heterocycles. The van der Waals surface area contributed by atoms with Crippen LogP contribution in [-0.4, -0.2) is 211 Å². The molecule has 5 aliphatic rings. The molecule has 4 heterocycles. The van der Waals surface area contributed by atoms with Gasteiger partial charge in [-0.3, -0.25) is 9.59 Å². The largest absolute Gasteiger partial charge is 0.478 e. The summed E-state index contributed by atoms with van der Waals surface area (Å²) < 4.78 is 43.8. The summed E-state index contributed by atoms with van der Waals surface area (Å²) in [5.41, 5.74) is 3.36. The lowest BCUT2D eigenvalue weighted by molar-refractivity contribution is -0.383. The number of amides is 2. The van der Waals surface area contributed by atoms with Crippen LogP contribution in [0.3, 0.4) is 0 Å². The highest BCUT2D eigenvalue weighted by molar-refractivity contribution is 6.09. The Hall–Kier alpha value is -5.22. The minimum atomic E-state index is -1.75. The molecule has 0 radical (unpaired) electrons. The summed E-state index contributed by atoms with van der Waals surface area (Å²) in [5, 5.41) is 101. The molecule has 77 heavy (non-hydrogen) atoms. The van der Waals surface area contributed by atoms with Gasteiger partial charge in [0.05, 0.1) is 37.1 Å². The Bertz CT molecular complexity index is 2660. The molecule has 3 fully saturated rings. The molecule has 1 aliphatic carbocycles. The van der Waals surface area contributed by atoms with E-state index in [1.54, 1.807) is 12.1 Å². The lowest BCUT2D eigenvalue weighted by atomic mass is 9.89. The Morgan fingerprint density at radius 1 is 0.714 bits per heavy atom. The highest BCUT2D eigenvalue weighted by atomic mass is 16.8. The molecule has 14 atom stereocenters. The molecule has 11 N–H and O–H groups in total. The smallest absolute Gasteiger partial charge is 0.336 e. The predicted octanol–water partition coefficient (Wildman–Crippen LogP) is 0.0990. The van der Waals surface area contributed by atoms with Gasteiger partial charge in [-0.05, 0) is 55.7 Å². The van der Waals surface area contributed by atoms with Gasteiger partial charge in [0.2, 0.25) is 11.3 Å². The fraction of sp³-hybridized carbons (Fsp3) is 0.593. The number of rotatable bonds is 23. The minimum absolute atomic E-state index is 0.0580. The summed E-state index contributed by atoms with van der Waals surface area (Å²) in [5.74, 6) is -1.31. The molecule has 0 saturated carbocycles. The first kappa shape index (κ1) is 59.4. The van der Waals surface area contributed by atoms with Gasteiger partial charge >= 0.3 is 5.97 Å². The number of nitrogens with zero attached hydrogens (tertiary/aromatic N) is 2. The summed E-state index contributed by atoms with van der Waals surface area (Å²) in [4.78, 5) is 40.7. The van der Waals surface area contributed by atoms with E-state index in [4.69, 9.17) is 32.8 Å². The number of nitrogens with one attached hydrogen (secondary N) is 2. The zero-order valence-corrected chi connectivity index (χ0v) is 44.0. The first-order valence-corrected chi connectivity index (χ1v) is 26.1. The zero-order valence-electron chi connectivity index (χ0n) is 44.0. The maximum Gasteiger partial charge on any atom is 0.336 e. The fourth-order valence-corrected chi connectivity index (χ4v) is 9.74. The molecule has 0 bridgehead atoms. The van der Waals surface area contributed by atoms with Crippen LogP contribution in [0.25, 0.3) is 33.4 Å². The number of aliphatic hydroxyl groups excluding tert-OH is 8. The molecular formula is C54H75N4O19+. The molecule has 7 rings (SSSR count). The highest BCUT2D eigenvalue weighted by Gasteiger charge is 2.53. The molecule has 0 unspecified atom stereocenters. The van der Waals surface area contributed by atoms with Gasteiger partial charge in [-0.25, -0.2) is 9.37 Å². The number of carbonyl (C=O) groups excluding carboxylic acids is 2. The molecular weight excluding hydrogens is 1010 g/mol. The third-order valence-electron chi connectivity index (χ3n) is 14.2. The number of aliphatic hydroxyl groups is 8. The van der Waals surface area contributed by atoms with Gasteiger partial charge in [0.1, 0.15) is 80.4 Å². The number of unbranched alkanes of at least 4 members (excludes halogenated alkanes) is 5. The van der Waals surface area contributed by atoms with Crippen LogP contribution in [0.15, 0.2) is 59.0 Å². The van der Waals surface area contributed by atoms with Crippen molar-refractivity contribution >= 4 is 34.4 Å². The van der Waals surface area contributed by atoms with E-state index in [1.807, 2.05) is 74.1 Å². The predicted molar refractivity (Wildman–Crippen MR) is 277 cm³/mol. The van der Waals surface area contributed by atoms with E-state index in [0.29, 0.717) is 52.7 Å². The van der Waals surface area contributed by atoms with E-state index in [2.05, 4.69) is 10.6 Å². The van der Waals surface area contributed by atoms with Crippen LogP contribution < -0.4 is 25.5 Å². The van der Waals surface area contributed by atoms with Crippen LogP contribution in [0.5, 0.6) is 0 Å². The number of carboxylic acid groups (broad SMARTS) is 1. The van der Waals surface area contributed by atoms with Gasteiger partial charge in [0, 0.05) is 86.5 Å². The minimum Gasteiger partial charge on any atom is -0.478 e. The van der Waals surface area contributed by atoms with E-state index >= 15 is 0 Å². The van der Waals surface area contributed by atoms with Crippen molar-refractivity contribution in [2.24, 2.45) is 0 Å². The number of carbonyl (C=O) groups is 3. The highest BCUT2D eigenvalue weighted by Crippen LogP contribution is 2.42. The van der Waals surface area contributed by atoms with E-state index in [0.717, 1.165) is 30.3 Å². The summed E-state index contributed by atoms with van der Waals surface area (Å²) in [6.07, 6.45) is -15.5. The number of ether oxygens (including phenoxy) is 6. The maximum absolute atomic E-state index is 13.3. The second-order valence-corrected chi connectivity index (χ2v) is 20.2. The molecule has 4 aliphatic heterocycles. The van der Waals surface area contributed by atoms with E-state index < -0.39 is 111 Å². The molecule has 424 valence electrons. The van der Waals surface area contributed by atoms with Crippen LogP contribution in [0.1, 0.15) is 79.0 Å². The lowest BCUT2D eigenvalue weighted by Crippen LogP contribution is -2.65. The number of hydrogen-bond donors (Lipinski definition) is 11. The number of hydrogen-bond acceptors (Lipinski definition) is 19. The van der Waals surface area contributed by atoms with E-state index in [1.165, 1.54) is 13.0 Å². The quantitative estimate of drug-likeness (QED) is 0.0267. The van der Waals surface area contributed by atoms with Gasteiger partial charge in [-0.15, -0.1) is 0 Å². The van der Waals surface area contributed by atoms with Gasteiger partial charge in [0.25, 0.3) is 5.91 Å². The third-order valence-corrected chi connectivity index (χ3v) is 14.2. The molecule has 0 spiro atoms. The lowest BCUT2D eigenvalue weighted by Gasteiger charge is -2.48. The Balaban J connectivity index is 0.861. The fourth-order valence-electron chi connectivity index (χ4n) is 9.74. The molecule has 23 nitrogen and oxygen atoms in total. The van der Waals surface area contributed by atoms with Crippen LogP contribution in [0, 0.1) is 0 Å². The second kappa shape index (κ2) is 27.1.